The summed E-state index contributed by atoms with van der Waals surface area (Å²) in [5.41, 5.74) is 5.57. The van der Waals surface area contributed by atoms with Crippen LogP contribution in [-0.4, -0.2) is 42.1 Å². The Balaban J connectivity index is 1.21. The molecule has 0 atom stereocenters. The summed E-state index contributed by atoms with van der Waals surface area (Å²) in [6.07, 6.45) is 8.72. The van der Waals surface area contributed by atoms with Crippen LogP contribution in [0.1, 0.15) is 58.4 Å². The van der Waals surface area contributed by atoms with Gasteiger partial charge in [0.2, 0.25) is 0 Å². The van der Waals surface area contributed by atoms with Crippen LogP contribution in [0, 0.1) is 0 Å². The van der Waals surface area contributed by atoms with Gasteiger partial charge >= 0.3 is 0 Å². The number of halogens is 1. The Morgan fingerprint density at radius 3 is 2.55 bits per heavy atom. The number of likely N-dealkylation sites (tertiary alicyclic amines) is 1. The Bertz CT molecular complexity index is 1540. The lowest BCUT2D eigenvalue weighted by molar-refractivity contribution is -0.170. The fourth-order valence-electron chi connectivity index (χ4n) is 5.68. The number of amides is 1. The summed E-state index contributed by atoms with van der Waals surface area (Å²) in [4.78, 5) is 20.1. The molecule has 0 aliphatic carbocycles. The molecule has 1 aromatic heterocycles. The number of rotatable bonds is 7. The van der Waals surface area contributed by atoms with E-state index in [4.69, 9.17) is 26.1 Å². The normalized spacial score (nSPS) is 17.1. The van der Waals surface area contributed by atoms with E-state index in [1.807, 2.05) is 59.5 Å². The first-order valence-electron chi connectivity index (χ1n) is 14.1. The van der Waals surface area contributed by atoms with Gasteiger partial charge in [-0.05, 0) is 73.2 Å². The topological polar surface area (TPSA) is 51.7 Å². The molecular weight excluding hydrogens is 520 g/mol. The smallest absolute Gasteiger partial charge is 0.254 e. The molecule has 0 N–H and O–H groups in total. The Kier molecular flexibility index (Phi) is 7.96. The van der Waals surface area contributed by atoms with Crippen LogP contribution in [0.4, 0.5) is 0 Å². The highest BCUT2D eigenvalue weighted by molar-refractivity contribution is 6.31. The average Bonchev–Trinajstić information content (AvgIpc) is 3.49. The minimum atomic E-state index is -0.844. The number of carbonyl (C=O) groups is 1. The van der Waals surface area contributed by atoms with E-state index in [2.05, 4.69) is 36.4 Å². The lowest BCUT2D eigenvalue weighted by Gasteiger charge is -2.30. The van der Waals surface area contributed by atoms with E-state index in [0.29, 0.717) is 31.1 Å². The van der Waals surface area contributed by atoms with Crippen molar-refractivity contribution in [2.45, 2.75) is 37.9 Å². The minimum Gasteiger partial charge on any atom is -0.343 e. The maximum absolute atomic E-state index is 13.3. The van der Waals surface area contributed by atoms with E-state index in [1.54, 1.807) is 0 Å². The predicted molar refractivity (Wildman–Crippen MR) is 160 cm³/mol. The number of hydrogen-bond donors (Lipinski definition) is 0. The van der Waals surface area contributed by atoms with Gasteiger partial charge in [0, 0.05) is 41.0 Å². The highest BCUT2D eigenvalue weighted by Crippen LogP contribution is 2.37. The van der Waals surface area contributed by atoms with Gasteiger partial charge in [0.1, 0.15) is 0 Å². The maximum atomic E-state index is 13.3. The third kappa shape index (κ3) is 5.83. The molecule has 2 aliphatic rings. The van der Waals surface area contributed by atoms with Gasteiger partial charge in [-0.2, -0.15) is 0 Å². The Morgan fingerprint density at radius 2 is 1.70 bits per heavy atom. The largest absolute Gasteiger partial charge is 0.343 e. The van der Waals surface area contributed by atoms with Gasteiger partial charge in [0.25, 0.3) is 5.91 Å². The van der Waals surface area contributed by atoms with Crippen molar-refractivity contribution in [3.63, 3.8) is 0 Å². The number of fused-ring (bicyclic) bond motifs is 1. The van der Waals surface area contributed by atoms with Gasteiger partial charge < -0.3 is 14.4 Å². The van der Waals surface area contributed by atoms with E-state index < -0.39 is 5.79 Å². The summed E-state index contributed by atoms with van der Waals surface area (Å²) in [5.74, 6) is -0.711. The summed E-state index contributed by atoms with van der Waals surface area (Å²) in [6, 6.07) is 26.0. The number of ether oxygens (including phenoxy) is 2. The van der Waals surface area contributed by atoms with Crippen LogP contribution >= 0.6 is 11.6 Å². The molecule has 0 bridgehead atoms. The SMILES string of the molecule is O=C(c1ccccc1CCC1(c2cccc(/C=C/c3ccc4ccc(Cl)cc4n3)c2)OCCO1)N1CCCCC1. The molecule has 204 valence electrons. The standard InChI is InChI=1S/C34H33ClN2O3/c35-29-14-12-27-13-16-30(36-32(27)24-29)15-11-25-7-6-9-28(23-25)34(39-21-22-40-34)18-17-26-8-2-3-10-31(26)33(38)37-19-4-1-5-20-37/h2-3,6-16,23-24H,1,4-5,17-22H2/b15-11+. The number of aromatic nitrogens is 1. The van der Waals surface area contributed by atoms with Crippen LogP contribution in [0.15, 0.2) is 78.9 Å². The number of nitrogens with zero attached hydrogens (tertiary/aromatic N) is 2. The fraction of sp³-hybridized carbons (Fsp3) is 0.294. The number of benzene rings is 3. The van der Waals surface area contributed by atoms with E-state index in [-0.39, 0.29) is 5.91 Å². The second kappa shape index (κ2) is 11.9. The first kappa shape index (κ1) is 26.7. The van der Waals surface area contributed by atoms with Crippen LogP contribution in [0.25, 0.3) is 23.1 Å². The van der Waals surface area contributed by atoms with Gasteiger partial charge in [0.15, 0.2) is 5.79 Å². The third-order valence-electron chi connectivity index (χ3n) is 7.82. The minimum absolute atomic E-state index is 0.134. The summed E-state index contributed by atoms with van der Waals surface area (Å²) < 4.78 is 12.6. The molecule has 2 fully saturated rings. The molecule has 40 heavy (non-hydrogen) atoms. The van der Waals surface area contributed by atoms with Crippen molar-refractivity contribution in [2.24, 2.45) is 0 Å². The molecule has 2 aliphatic heterocycles. The van der Waals surface area contributed by atoms with Gasteiger partial charge in [-0.25, -0.2) is 4.98 Å². The average molecular weight is 553 g/mol. The Hall–Kier alpha value is -3.51. The molecule has 0 radical (unpaired) electrons. The number of aryl methyl sites for hydroxylation is 1. The molecule has 1 amide bonds. The zero-order valence-corrected chi connectivity index (χ0v) is 23.3. The molecule has 6 heteroatoms. The molecule has 0 saturated carbocycles. The molecule has 0 unspecified atom stereocenters. The second-order valence-electron chi connectivity index (χ2n) is 10.5. The highest BCUT2D eigenvalue weighted by Gasteiger charge is 2.38. The molecule has 3 heterocycles. The molecule has 5 nitrogen and oxygen atoms in total. The third-order valence-corrected chi connectivity index (χ3v) is 8.05. The zero-order chi connectivity index (χ0) is 27.4. The van der Waals surface area contributed by atoms with Crippen molar-refractivity contribution < 1.29 is 14.3 Å². The van der Waals surface area contributed by atoms with Crippen molar-refractivity contribution >= 4 is 40.6 Å². The van der Waals surface area contributed by atoms with Crippen LogP contribution in [0.2, 0.25) is 5.02 Å². The van der Waals surface area contributed by atoms with E-state index >= 15 is 0 Å². The van der Waals surface area contributed by atoms with Gasteiger partial charge in [-0.1, -0.05) is 66.2 Å². The van der Waals surface area contributed by atoms with Crippen molar-refractivity contribution in [3.05, 3.63) is 112 Å². The number of piperidine rings is 1. The fourth-order valence-corrected chi connectivity index (χ4v) is 5.85. The summed E-state index contributed by atoms with van der Waals surface area (Å²) in [6.45, 7) is 2.76. The van der Waals surface area contributed by atoms with Gasteiger partial charge in [0.05, 0.1) is 24.4 Å². The van der Waals surface area contributed by atoms with Crippen LogP contribution in [0.5, 0.6) is 0 Å². The second-order valence-corrected chi connectivity index (χ2v) is 10.9. The summed E-state index contributed by atoms with van der Waals surface area (Å²) in [5, 5.41) is 1.73. The lowest BCUT2D eigenvalue weighted by Crippen LogP contribution is -2.36. The number of pyridine rings is 1. The van der Waals surface area contributed by atoms with Crippen LogP contribution in [-0.2, 0) is 21.7 Å². The van der Waals surface area contributed by atoms with E-state index in [1.165, 1.54) is 6.42 Å². The quantitative estimate of drug-likeness (QED) is 0.238. The molecular formula is C34H33ClN2O3. The summed E-state index contributed by atoms with van der Waals surface area (Å²) in [7, 11) is 0. The predicted octanol–water partition coefficient (Wildman–Crippen LogP) is 7.52. The van der Waals surface area contributed by atoms with Crippen molar-refractivity contribution in [1.82, 2.24) is 9.88 Å². The molecule has 6 rings (SSSR count). The monoisotopic (exact) mass is 552 g/mol. The van der Waals surface area contributed by atoms with Crippen molar-refractivity contribution in [1.29, 1.82) is 0 Å². The first-order chi connectivity index (χ1) is 19.6. The Morgan fingerprint density at radius 1 is 0.900 bits per heavy atom. The van der Waals surface area contributed by atoms with E-state index in [9.17, 15) is 4.79 Å². The maximum Gasteiger partial charge on any atom is 0.254 e. The van der Waals surface area contributed by atoms with Crippen LogP contribution < -0.4 is 0 Å². The Labute approximate surface area is 240 Å². The molecule has 4 aromatic rings. The number of carbonyl (C=O) groups excluding carboxylic acids is 1. The molecule has 0 spiro atoms. The van der Waals surface area contributed by atoms with Gasteiger partial charge in [-0.3, -0.25) is 4.79 Å². The van der Waals surface area contributed by atoms with Gasteiger partial charge in [-0.15, -0.1) is 0 Å². The lowest BCUT2D eigenvalue weighted by atomic mass is 9.93. The van der Waals surface area contributed by atoms with Crippen molar-refractivity contribution in [2.75, 3.05) is 26.3 Å². The van der Waals surface area contributed by atoms with Crippen molar-refractivity contribution in [3.8, 4) is 0 Å². The first-order valence-corrected chi connectivity index (χ1v) is 14.5. The zero-order valence-electron chi connectivity index (χ0n) is 22.5. The highest BCUT2D eigenvalue weighted by atomic mass is 35.5. The summed E-state index contributed by atoms with van der Waals surface area (Å²) >= 11 is 6.16. The van der Waals surface area contributed by atoms with Crippen LogP contribution in [0.3, 0.4) is 0 Å². The molecule has 2 saturated heterocycles. The van der Waals surface area contributed by atoms with E-state index in [0.717, 1.165) is 64.8 Å². The molecule has 3 aromatic carbocycles. The number of hydrogen-bond acceptors (Lipinski definition) is 4.